The molecule has 0 aliphatic rings. The zero-order valence-electron chi connectivity index (χ0n) is 10.1. The van der Waals surface area contributed by atoms with Crippen molar-refractivity contribution in [1.82, 2.24) is 0 Å². The Bertz CT molecular complexity index is 316. The Morgan fingerprint density at radius 1 is 1.31 bits per heavy atom. The Morgan fingerprint density at radius 3 is 2.38 bits per heavy atom. The van der Waals surface area contributed by atoms with E-state index in [-0.39, 0.29) is 0 Å². The van der Waals surface area contributed by atoms with Gasteiger partial charge in [0.25, 0.3) is 0 Å². The predicted molar refractivity (Wildman–Crippen MR) is 73.7 cm³/mol. The molecule has 1 nitrogen and oxygen atoms in total. The van der Waals surface area contributed by atoms with Gasteiger partial charge in [-0.3, -0.25) is 0 Å². The molecule has 0 aliphatic heterocycles. The maximum absolute atomic E-state index is 6.00. The monoisotopic (exact) mass is 237 g/mol. The van der Waals surface area contributed by atoms with Gasteiger partial charge < -0.3 is 4.90 Å². The molecule has 0 saturated carbocycles. The van der Waals surface area contributed by atoms with Crippen molar-refractivity contribution in [1.29, 1.82) is 0 Å². The van der Waals surface area contributed by atoms with Crippen LogP contribution in [0.1, 0.15) is 24.3 Å². The van der Waals surface area contributed by atoms with Crippen LogP contribution in [-0.2, 0) is 0 Å². The third-order valence-corrected chi connectivity index (χ3v) is 3.16. The van der Waals surface area contributed by atoms with Crippen molar-refractivity contribution >= 4 is 17.3 Å². The fourth-order valence-electron chi connectivity index (χ4n) is 1.70. The summed E-state index contributed by atoms with van der Waals surface area (Å²) < 4.78 is 0. The zero-order chi connectivity index (χ0) is 12.0. The minimum absolute atomic E-state index is 0.441. The van der Waals surface area contributed by atoms with E-state index in [1.807, 2.05) is 20.2 Å². The summed E-state index contributed by atoms with van der Waals surface area (Å²) in [7, 11) is 4.09. The van der Waals surface area contributed by atoms with E-state index in [1.165, 1.54) is 11.3 Å². The molecule has 1 rings (SSSR count). The van der Waals surface area contributed by atoms with Crippen LogP contribution in [0.2, 0.25) is 0 Å². The SMILES string of the molecule is C=CCCC(CCl)c1ccc(N(C)C)cc1. The Hall–Kier alpha value is -0.950. The standard InChI is InChI=1S/C14H20ClN/c1-4-5-6-13(11-15)12-7-9-14(10-8-12)16(2)3/h4,7-10,13H,1,5-6,11H2,2-3H3. The average Bonchev–Trinajstić information content (AvgIpc) is 2.30. The highest BCUT2D eigenvalue weighted by molar-refractivity contribution is 6.18. The third-order valence-electron chi connectivity index (χ3n) is 2.79. The summed E-state index contributed by atoms with van der Waals surface area (Å²) in [6.45, 7) is 3.75. The molecule has 0 radical (unpaired) electrons. The van der Waals surface area contributed by atoms with E-state index in [4.69, 9.17) is 11.6 Å². The Balaban J connectivity index is 2.73. The first-order valence-electron chi connectivity index (χ1n) is 5.63. The topological polar surface area (TPSA) is 3.24 Å². The number of allylic oxidation sites excluding steroid dienone is 1. The summed E-state index contributed by atoms with van der Waals surface area (Å²) >= 11 is 6.00. The van der Waals surface area contributed by atoms with Crippen LogP contribution in [0.3, 0.4) is 0 Å². The van der Waals surface area contributed by atoms with Crippen LogP contribution >= 0.6 is 11.6 Å². The van der Waals surface area contributed by atoms with Gasteiger partial charge in [-0.25, -0.2) is 0 Å². The fourth-order valence-corrected chi connectivity index (χ4v) is 2.03. The van der Waals surface area contributed by atoms with Gasteiger partial charge in [0.15, 0.2) is 0 Å². The fraction of sp³-hybridized carbons (Fsp3) is 0.429. The maximum Gasteiger partial charge on any atom is 0.0361 e. The van der Waals surface area contributed by atoms with Crippen molar-refractivity contribution in [3.8, 4) is 0 Å². The summed E-state index contributed by atoms with van der Waals surface area (Å²) in [5, 5.41) is 0. The first kappa shape index (κ1) is 13.1. The second-order valence-electron chi connectivity index (χ2n) is 4.20. The van der Waals surface area contributed by atoms with Gasteiger partial charge in [-0.1, -0.05) is 18.2 Å². The van der Waals surface area contributed by atoms with Crippen LogP contribution in [0.4, 0.5) is 5.69 Å². The summed E-state index contributed by atoms with van der Waals surface area (Å²) in [6, 6.07) is 8.63. The summed E-state index contributed by atoms with van der Waals surface area (Å²) in [5.74, 6) is 1.12. The van der Waals surface area contributed by atoms with Gasteiger partial charge >= 0.3 is 0 Å². The van der Waals surface area contributed by atoms with Crippen molar-refractivity contribution < 1.29 is 0 Å². The lowest BCUT2D eigenvalue weighted by molar-refractivity contribution is 0.697. The maximum atomic E-state index is 6.00. The highest BCUT2D eigenvalue weighted by Crippen LogP contribution is 2.24. The number of rotatable bonds is 6. The Labute approximate surface area is 104 Å². The number of benzene rings is 1. The number of hydrogen-bond acceptors (Lipinski definition) is 1. The van der Waals surface area contributed by atoms with Gasteiger partial charge in [0, 0.05) is 25.7 Å². The van der Waals surface area contributed by atoms with Gasteiger partial charge in [-0.2, -0.15) is 0 Å². The van der Waals surface area contributed by atoms with Crippen molar-refractivity contribution in [3.63, 3.8) is 0 Å². The molecule has 2 heteroatoms. The molecule has 0 aromatic heterocycles. The molecular weight excluding hydrogens is 218 g/mol. The van der Waals surface area contributed by atoms with Crippen LogP contribution in [0.25, 0.3) is 0 Å². The Kier molecular flexibility index (Phi) is 5.41. The molecule has 88 valence electrons. The summed E-state index contributed by atoms with van der Waals surface area (Å²) in [4.78, 5) is 2.10. The average molecular weight is 238 g/mol. The lowest BCUT2D eigenvalue weighted by Crippen LogP contribution is -2.08. The molecule has 0 fully saturated rings. The molecule has 1 unspecified atom stereocenters. The quantitative estimate of drug-likeness (QED) is 0.533. The van der Waals surface area contributed by atoms with E-state index < -0.39 is 0 Å². The molecule has 1 aromatic rings. The number of nitrogens with zero attached hydrogens (tertiary/aromatic N) is 1. The van der Waals surface area contributed by atoms with Gasteiger partial charge in [-0.15, -0.1) is 18.2 Å². The predicted octanol–water partition coefficient (Wildman–Crippen LogP) is 4.04. The third kappa shape index (κ3) is 3.57. The van der Waals surface area contributed by atoms with Crippen molar-refractivity contribution in [2.24, 2.45) is 0 Å². The van der Waals surface area contributed by atoms with Gasteiger partial charge in [0.05, 0.1) is 0 Å². The van der Waals surface area contributed by atoms with Crippen LogP contribution in [-0.4, -0.2) is 20.0 Å². The first-order chi connectivity index (χ1) is 7.69. The number of halogens is 1. The number of hydrogen-bond donors (Lipinski definition) is 0. The largest absolute Gasteiger partial charge is 0.378 e. The number of alkyl halides is 1. The molecule has 1 aromatic carbocycles. The van der Waals surface area contributed by atoms with Crippen LogP contribution in [0, 0.1) is 0 Å². The van der Waals surface area contributed by atoms with Crippen LogP contribution in [0.15, 0.2) is 36.9 Å². The van der Waals surface area contributed by atoms with E-state index in [0.717, 1.165) is 12.8 Å². The first-order valence-corrected chi connectivity index (χ1v) is 6.16. The highest BCUT2D eigenvalue weighted by Gasteiger charge is 2.09. The molecule has 0 heterocycles. The lowest BCUT2D eigenvalue weighted by Gasteiger charge is -2.16. The zero-order valence-corrected chi connectivity index (χ0v) is 10.9. The molecule has 16 heavy (non-hydrogen) atoms. The summed E-state index contributed by atoms with van der Waals surface area (Å²) in [6.07, 6.45) is 4.05. The van der Waals surface area contributed by atoms with E-state index in [1.54, 1.807) is 0 Å². The molecule has 0 bridgehead atoms. The lowest BCUT2D eigenvalue weighted by atomic mass is 9.96. The highest BCUT2D eigenvalue weighted by atomic mass is 35.5. The molecule has 0 aliphatic carbocycles. The minimum atomic E-state index is 0.441. The molecule has 0 saturated heterocycles. The molecule has 0 spiro atoms. The smallest absolute Gasteiger partial charge is 0.0361 e. The Morgan fingerprint density at radius 2 is 1.94 bits per heavy atom. The second-order valence-corrected chi connectivity index (χ2v) is 4.51. The normalized spacial score (nSPS) is 12.2. The van der Waals surface area contributed by atoms with Crippen molar-refractivity contribution in [2.75, 3.05) is 24.9 Å². The second kappa shape index (κ2) is 6.59. The van der Waals surface area contributed by atoms with E-state index in [9.17, 15) is 0 Å². The van der Waals surface area contributed by atoms with Gasteiger partial charge in [0.1, 0.15) is 0 Å². The molecule has 0 amide bonds. The van der Waals surface area contributed by atoms with E-state index in [2.05, 4.69) is 35.7 Å². The molecule has 1 atom stereocenters. The van der Waals surface area contributed by atoms with Gasteiger partial charge in [0.2, 0.25) is 0 Å². The van der Waals surface area contributed by atoms with E-state index >= 15 is 0 Å². The molecule has 0 N–H and O–H groups in total. The van der Waals surface area contributed by atoms with Crippen LogP contribution in [0.5, 0.6) is 0 Å². The molecular formula is C14H20ClN. The van der Waals surface area contributed by atoms with Crippen molar-refractivity contribution in [2.45, 2.75) is 18.8 Å². The minimum Gasteiger partial charge on any atom is -0.378 e. The van der Waals surface area contributed by atoms with Crippen molar-refractivity contribution in [3.05, 3.63) is 42.5 Å². The van der Waals surface area contributed by atoms with Gasteiger partial charge in [-0.05, 0) is 36.5 Å². The van der Waals surface area contributed by atoms with Crippen LogP contribution < -0.4 is 4.90 Å². The van der Waals surface area contributed by atoms with E-state index in [0.29, 0.717) is 11.8 Å². The number of anilines is 1. The summed E-state index contributed by atoms with van der Waals surface area (Å²) in [5.41, 5.74) is 2.54.